The molecule has 12 heteroatoms. The molecule has 0 heterocycles. The van der Waals surface area contributed by atoms with Crippen molar-refractivity contribution < 1.29 is 49.4 Å². The molecule has 0 bridgehead atoms. The number of ether oxygens (including phenoxy) is 2. The quantitative estimate of drug-likeness (QED) is 0.599. The molecule has 158 valence electrons. The summed E-state index contributed by atoms with van der Waals surface area (Å²) in [5, 5.41) is 2.36. The average Bonchev–Trinajstić information content (AvgIpc) is 2.61. The zero-order valence-corrected chi connectivity index (χ0v) is 14.0. The molecule has 0 aliphatic carbocycles. The van der Waals surface area contributed by atoms with Crippen LogP contribution in [0.4, 0.5) is 40.8 Å². The Balaban J connectivity index is 2.01. The highest BCUT2D eigenvalue weighted by atomic mass is 19.4. The number of alkyl halides is 8. The molecule has 2 aromatic rings. The Labute approximate surface area is 158 Å². The molecule has 0 saturated heterocycles. The standard InChI is InChI=1S/C17H11F8NO3/c18-14(16(21,22)23)17(24,25)29-12-5-1-9(2-6-12)13(27)26-10-3-7-11(8-4-10)28-15(19)20/h1-8,14-15H,(H,26,27)/t14-/m0/s1. The Morgan fingerprint density at radius 2 is 1.34 bits per heavy atom. The summed E-state index contributed by atoms with van der Waals surface area (Å²) in [6, 6.07) is 8.25. The van der Waals surface area contributed by atoms with Gasteiger partial charge in [0.05, 0.1) is 0 Å². The monoisotopic (exact) mass is 429 g/mol. The second-order valence-corrected chi connectivity index (χ2v) is 5.45. The van der Waals surface area contributed by atoms with Gasteiger partial charge in [-0.2, -0.15) is 30.7 Å². The molecule has 0 aliphatic heterocycles. The number of amides is 1. The second kappa shape index (κ2) is 8.53. The van der Waals surface area contributed by atoms with Crippen LogP contribution in [0, 0.1) is 0 Å². The fourth-order valence-corrected chi connectivity index (χ4v) is 2.00. The van der Waals surface area contributed by atoms with E-state index in [0.717, 1.165) is 36.4 Å². The Hall–Kier alpha value is -3.05. The van der Waals surface area contributed by atoms with Gasteiger partial charge in [0.2, 0.25) is 0 Å². The minimum Gasteiger partial charge on any atom is -0.435 e. The van der Waals surface area contributed by atoms with E-state index in [0.29, 0.717) is 0 Å². The summed E-state index contributed by atoms with van der Waals surface area (Å²) in [4.78, 5) is 12.1. The van der Waals surface area contributed by atoms with Crippen LogP contribution in [-0.4, -0.2) is 31.0 Å². The lowest BCUT2D eigenvalue weighted by molar-refractivity contribution is -0.304. The van der Waals surface area contributed by atoms with Crippen LogP contribution in [0.1, 0.15) is 10.4 Å². The van der Waals surface area contributed by atoms with Crippen LogP contribution < -0.4 is 14.8 Å². The maximum atomic E-state index is 13.2. The van der Waals surface area contributed by atoms with Crippen molar-refractivity contribution in [1.82, 2.24) is 0 Å². The zero-order valence-electron chi connectivity index (χ0n) is 14.0. The number of carbonyl (C=O) groups excluding carboxylic acids is 1. The molecule has 4 nitrogen and oxygen atoms in total. The van der Waals surface area contributed by atoms with E-state index in [4.69, 9.17) is 0 Å². The number of hydrogen-bond donors (Lipinski definition) is 1. The van der Waals surface area contributed by atoms with Crippen molar-refractivity contribution in [3.63, 3.8) is 0 Å². The van der Waals surface area contributed by atoms with Gasteiger partial charge in [-0.3, -0.25) is 4.79 Å². The van der Waals surface area contributed by atoms with E-state index >= 15 is 0 Å². The minimum absolute atomic E-state index is 0.0961. The van der Waals surface area contributed by atoms with E-state index in [1.807, 2.05) is 0 Å². The van der Waals surface area contributed by atoms with Gasteiger partial charge < -0.3 is 14.8 Å². The van der Waals surface area contributed by atoms with Gasteiger partial charge in [0.25, 0.3) is 12.1 Å². The summed E-state index contributed by atoms with van der Waals surface area (Å²) in [6.07, 6.45) is -15.5. The van der Waals surface area contributed by atoms with Crippen molar-refractivity contribution in [3.8, 4) is 11.5 Å². The van der Waals surface area contributed by atoms with Crippen LogP contribution in [0.25, 0.3) is 0 Å². The molecule has 1 atom stereocenters. The van der Waals surface area contributed by atoms with Gasteiger partial charge in [0.15, 0.2) is 0 Å². The molecule has 0 fully saturated rings. The van der Waals surface area contributed by atoms with Crippen LogP contribution in [0.15, 0.2) is 48.5 Å². The number of nitrogens with one attached hydrogen (secondary N) is 1. The van der Waals surface area contributed by atoms with Gasteiger partial charge in [0, 0.05) is 11.3 Å². The first-order valence-corrected chi connectivity index (χ1v) is 7.62. The largest absolute Gasteiger partial charge is 0.439 e. The normalized spacial score (nSPS) is 13.1. The predicted octanol–water partition coefficient (Wildman–Crippen LogP) is 5.41. The molecule has 2 rings (SSSR count). The van der Waals surface area contributed by atoms with Crippen LogP contribution >= 0.6 is 0 Å². The summed E-state index contributed by atoms with van der Waals surface area (Å²) in [6.45, 7) is -3.02. The van der Waals surface area contributed by atoms with Crippen molar-refractivity contribution in [2.75, 3.05) is 5.32 Å². The zero-order chi connectivity index (χ0) is 21.8. The van der Waals surface area contributed by atoms with Crippen LogP contribution in [0.2, 0.25) is 0 Å². The van der Waals surface area contributed by atoms with Crippen molar-refractivity contribution in [1.29, 1.82) is 0 Å². The molecule has 0 spiro atoms. The predicted molar refractivity (Wildman–Crippen MR) is 84.0 cm³/mol. The first kappa shape index (κ1) is 22.2. The third-order valence-electron chi connectivity index (χ3n) is 3.29. The van der Waals surface area contributed by atoms with Crippen LogP contribution in [-0.2, 0) is 0 Å². The SMILES string of the molecule is O=C(Nc1ccc(OC(F)F)cc1)c1ccc(OC(F)(F)[C@@H](F)C(F)(F)F)cc1. The summed E-state index contributed by atoms with van der Waals surface area (Å²) >= 11 is 0. The first-order valence-electron chi connectivity index (χ1n) is 7.62. The summed E-state index contributed by atoms with van der Waals surface area (Å²) in [5.41, 5.74) is 0.0927. The Bertz CT molecular complexity index is 822. The molecular weight excluding hydrogens is 418 g/mol. The number of anilines is 1. The molecule has 0 radical (unpaired) electrons. The highest BCUT2D eigenvalue weighted by Crippen LogP contribution is 2.36. The topological polar surface area (TPSA) is 47.6 Å². The number of carbonyl (C=O) groups is 1. The minimum atomic E-state index is -5.82. The summed E-state index contributed by atoms with van der Waals surface area (Å²) in [7, 11) is 0. The van der Waals surface area contributed by atoms with Gasteiger partial charge in [-0.15, -0.1) is 0 Å². The first-order chi connectivity index (χ1) is 13.4. The van der Waals surface area contributed by atoms with Gasteiger partial charge >= 0.3 is 18.9 Å². The van der Waals surface area contributed by atoms with E-state index in [-0.39, 0.29) is 17.0 Å². The number of halogens is 8. The van der Waals surface area contributed by atoms with Gasteiger partial charge in [-0.25, -0.2) is 4.39 Å². The van der Waals surface area contributed by atoms with E-state index in [2.05, 4.69) is 14.8 Å². The number of benzene rings is 2. The van der Waals surface area contributed by atoms with E-state index in [1.165, 1.54) is 12.1 Å². The van der Waals surface area contributed by atoms with Gasteiger partial charge in [0.1, 0.15) is 11.5 Å². The fourth-order valence-electron chi connectivity index (χ4n) is 2.00. The highest BCUT2D eigenvalue weighted by Gasteiger charge is 2.59. The van der Waals surface area contributed by atoms with Crippen LogP contribution in [0.5, 0.6) is 11.5 Å². The average molecular weight is 429 g/mol. The molecule has 0 aromatic heterocycles. The van der Waals surface area contributed by atoms with E-state index in [9.17, 15) is 39.9 Å². The van der Waals surface area contributed by atoms with Crippen molar-refractivity contribution in [2.45, 2.75) is 25.1 Å². The molecule has 0 aliphatic rings. The molecule has 2 aromatic carbocycles. The van der Waals surface area contributed by atoms with Gasteiger partial charge in [-0.1, -0.05) is 0 Å². The van der Waals surface area contributed by atoms with E-state index in [1.54, 1.807) is 0 Å². The fraction of sp³-hybridized carbons (Fsp3) is 0.235. The lowest BCUT2D eigenvalue weighted by Gasteiger charge is -2.23. The lowest BCUT2D eigenvalue weighted by Crippen LogP contribution is -2.45. The van der Waals surface area contributed by atoms with Gasteiger partial charge in [-0.05, 0) is 48.5 Å². The number of hydrogen-bond acceptors (Lipinski definition) is 3. The second-order valence-electron chi connectivity index (χ2n) is 5.45. The van der Waals surface area contributed by atoms with Crippen LogP contribution in [0.3, 0.4) is 0 Å². The smallest absolute Gasteiger partial charge is 0.435 e. The molecular formula is C17H11F8NO3. The summed E-state index contributed by atoms with van der Waals surface area (Å²) in [5.74, 6) is -1.69. The molecule has 1 amide bonds. The molecule has 0 saturated carbocycles. The lowest BCUT2D eigenvalue weighted by atomic mass is 10.2. The third-order valence-corrected chi connectivity index (χ3v) is 3.29. The maximum Gasteiger partial charge on any atom is 0.439 e. The Morgan fingerprint density at radius 1 is 0.828 bits per heavy atom. The van der Waals surface area contributed by atoms with Crippen molar-refractivity contribution >= 4 is 11.6 Å². The maximum absolute atomic E-state index is 13.2. The van der Waals surface area contributed by atoms with Crippen molar-refractivity contribution in [2.24, 2.45) is 0 Å². The van der Waals surface area contributed by atoms with Crippen molar-refractivity contribution in [3.05, 3.63) is 54.1 Å². The van der Waals surface area contributed by atoms with E-state index < -0.39 is 36.7 Å². The Morgan fingerprint density at radius 3 is 1.83 bits per heavy atom. The Kier molecular flexibility index (Phi) is 6.55. The highest BCUT2D eigenvalue weighted by molar-refractivity contribution is 6.04. The summed E-state index contributed by atoms with van der Waals surface area (Å²) < 4.78 is 107. The molecule has 29 heavy (non-hydrogen) atoms. The third kappa shape index (κ3) is 6.22. The molecule has 0 unspecified atom stereocenters. The number of rotatable bonds is 7. The molecule has 1 N–H and O–H groups in total.